The standard InChI is InChI=1S/C73H41N9O3S/c83-70-52-24-11-13-26-65(52)85-72-74-57-40-62-55(39-63(57)81(70)72)53-36-46(42-15-4-1-5-16-42)29-33-60(53)79(62)49-31-27-43(28-32-49)47-30-34-66-56(37-47)71(84)82-64-38-54-51-23-10-12-25-59(51)80(61(54)41-58(64)75-73(82)86-66)50-22-14-21-48(35-50)69-77-67(44-17-6-2-7-18-44)76-68(78-69)45-19-8-3-9-20-45/h1-41H. The van der Waals surface area contributed by atoms with Gasteiger partial charge in [-0.2, -0.15) is 4.98 Å². The van der Waals surface area contributed by atoms with Gasteiger partial charge in [-0.15, -0.1) is 0 Å². The van der Waals surface area contributed by atoms with Gasteiger partial charge in [-0.05, 0) is 113 Å². The molecule has 0 fully saturated rings. The molecule has 0 unspecified atom stereocenters. The Labute approximate surface area is 490 Å². The van der Waals surface area contributed by atoms with E-state index in [2.05, 4.69) is 130 Å². The van der Waals surface area contributed by atoms with Crippen LogP contribution in [0, 0.1) is 0 Å². The van der Waals surface area contributed by atoms with Crippen LogP contribution in [0.4, 0.5) is 0 Å². The van der Waals surface area contributed by atoms with Crippen molar-refractivity contribution in [1.29, 1.82) is 0 Å². The van der Waals surface area contributed by atoms with Gasteiger partial charge in [0.1, 0.15) is 5.58 Å². The molecule has 0 spiro atoms. The van der Waals surface area contributed by atoms with Crippen LogP contribution in [0.3, 0.4) is 0 Å². The van der Waals surface area contributed by atoms with Gasteiger partial charge in [0.25, 0.3) is 11.1 Å². The minimum Gasteiger partial charge on any atom is -0.424 e. The van der Waals surface area contributed by atoms with Crippen LogP contribution in [0.15, 0.2) is 263 Å². The molecular formula is C73H41N9O3S. The van der Waals surface area contributed by atoms with Gasteiger partial charge in [0.2, 0.25) is 0 Å². The van der Waals surface area contributed by atoms with Crippen molar-refractivity contribution in [2.75, 3.05) is 0 Å². The topological polar surface area (TPSA) is 130 Å². The van der Waals surface area contributed by atoms with Crippen LogP contribution in [0.5, 0.6) is 0 Å². The maximum Gasteiger partial charge on any atom is 0.310 e. The van der Waals surface area contributed by atoms with Crippen LogP contribution in [0.2, 0.25) is 0 Å². The Bertz CT molecular complexity index is 5950. The molecule has 7 aromatic heterocycles. The number of hydrogen-bond donors (Lipinski definition) is 0. The highest BCUT2D eigenvalue weighted by atomic mass is 32.1. The van der Waals surface area contributed by atoms with E-state index in [0.29, 0.717) is 49.8 Å². The minimum absolute atomic E-state index is 0.129. The van der Waals surface area contributed by atoms with E-state index < -0.39 is 0 Å². The largest absolute Gasteiger partial charge is 0.424 e. The predicted molar refractivity (Wildman–Crippen MR) is 346 cm³/mol. The van der Waals surface area contributed by atoms with Crippen molar-refractivity contribution in [2.24, 2.45) is 0 Å². The van der Waals surface area contributed by atoms with Crippen LogP contribution >= 0.6 is 11.3 Å². The van der Waals surface area contributed by atoms with E-state index in [-0.39, 0.29) is 17.0 Å². The van der Waals surface area contributed by atoms with Crippen LogP contribution in [0.25, 0.3) is 165 Å². The zero-order chi connectivity index (χ0) is 56.7. The summed E-state index contributed by atoms with van der Waals surface area (Å²) >= 11 is 1.51. The van der Waals surface area contributed by atoms with Crippen molar-refractivity contribution in [3.8, 4) is 67.8 Å². The second-order valence-electron chi connectivity index (χ2n) is 21.6. The predicted octanol–water partition coefficient (Wildman–Crippen LogP) is 16.7. The number of imidazole rings is 2. The highest BCUT2D eigenvalue weighted by molar-refractivity contribution is 7.23. The summed E-state index contributed by atoms with van der Waals surface area (Å²) in [5, 5.41) is 5.17. The number of para-hydroxylation sites is 2. The summed E-state index contributed by atoms with van der Waals surface area (Å²) in [5.41, 5.74) is 15.5. The molecule has 0 aliphatic heterocycles. The van der Waals surface area contributed by atoms with Crippen molar-refractivity contribution in [3.05, 3.63) is 269 Å². The zero-order valence-corrected chi connectivity index (χ0v) is 46.1. The number of nitrogens with zero attached hydrogens (tertiary/aromatic N) is 9. The Morgan fingerprint density at radius 1 is 0.314 bits per heavy atom. The lowest BCUT2D eigenvalue weighted by Crippen LogP contribution is -2.12. The second-order valence-corrected chi connectivity index (χ2v) is 22.6. The van der Waals surface area contributed by atoms with Crippen molar-refractivity contribution < 1.29 is 4.42 Å². The van der Waals surface area contributed by atoms with Gasteiger partial charge in [0.05, 0.1) is 54.9 Å². The molecule has 0 radical (unpaired) electrons. The number of hydrogen-bond acceptors (Lipinski definition) is 9. The molecule has 0 aliphatic carbocycles. The highest BCUT2D eigenvalue weighted by Crippen LogP contribution is 2.40. The maximum atomic E-state index is 15.1. The summed E-state index contributed by atoms with van der Waals surface area (Å²) in [4.78, 5) is 54.8. The van der Waals surface area contributed by atoms with Gasteiger partial charge in [-0.3, -0.25) is 9.59 Å². The van der Waals surface area contributed by atoms with E-state index in [1.165, 1.54) is 11.3 Å². The lowest BCUT2D eigenvalue weighted by Gasteiger charge is -2.11. The normalized spacial score (nSPS) is 12.0. The van der Waals surface area contributed by atoms with E-state index in [0.717, 1.165) is 110 Å². The summed E-state index contributed by atoms with van der Waals surface area (Å²) in [7, 11) is 0. The highest BCUT2D eigenvalue weighted by Gasteiger charge is 2.23. The molecule has 0 amide bonds. The van der Waals surface area contributed by atoms with E-state index in [1.54, 1.807) is 20.9 Å². The van der Waals surface area contributed by atoms with Crippen LogP contribution in [-0.2, 0) is 0 Å². The first-order valence-electron chi connectivity index (χ1n) is 28.2. The van der Waals surface area contributed by atoms with Crippen LogP contribution in [-0.4, -0.2) is 42.9 Å². The molecule has 18 aromatic rings. The summed E-state index contributed by atoms with van der Waals surface area (Å²) in [5.74, 6) is 2.00. The Balaban J connectivity index is 0.739. The SMILES string of the molecule is O=c1c2ccccc2oc2nc3cc4c(cc3n12)c1cc(-c2ccccc2)ccc1n4-c1ccc(-c2ccc3sc4nc5cc6c(cc5n4c(=O)c3c2)c2ccccc2n6-c2cccc(-c3nc(-c4ccccc4)nc(-c4ccccc4)n3)c2)cc1. The molecule has 0 atom stereocenters. The van der Waals surface area contributed by atoms with Crippen LogP contribution in [0.1, 0.15) is 0 Å². The number of benzene rings is 11. The molecule has 12 nitrogen and oxygen atoms in total. The third kappa shape index (κ3) is 7.31. The minimum atomic E-state index is -0.176. The van der Waals surface area contributed by atoms with Crippen LogP contribution < -0.4 is 11.1 Å². The van der Waals surface area contributed by atoms with E-state index >= 15 is 4.79 Å². The van der Waals surface area contributed by atoms with Gasteiger partial charge >= 0.3 is 5.84 Å². The molecule has 13 heteroatoms. The molecule has 0 aliphatic rings. The Kier molecular flexibility index (Phi) is 10.3. The van der Waals surface area contributed by atoms with E-state index in [9.17, 15) is 4.79 Å². The molecule has 0 saturated heterocycles. The fraction of sp³-hybridized carbons (Fsp3) is 0. The molecule has 11 aromatic carbocycles. The van der Waals surface area contributed by atoms with Gasteiger partial charge in [-0.25, -0.2) is 28.7 Å². The van der Waals surface area contributed by atoms with Crippen molar-refractivity contribution in [1.82, 2.24) is 42.9 Å². The monoisotopic (exact) mass is 1120 g/mol. The zero-order valence-electron chi connectivity index (χ0n) is 45.3. The lowest BCUT2D eigenvalue weighted by atomic mass is 10.0. The third-order valence-corrected chi connectivity index (χ3v) is 17.7. The van der Waals surface area contributed by atoms with Gasteiger partial charge < -0.3 is 13.6 Å². The Hall–Kier alpha value is -11.7. The average Bonchev–Trinajstić information content (AvgIpc) is 1.80. The third-order valence-electron chi connectivity index (χ3n) is 16.7. The first-order chi connectivity index (χ1) is 42.4. The summed E-state index contributed by atoms with van der Waals surface area (Å²) in [6, 6.07) is 83.8. The summed E-state index contributed by atoms with van der Waals surface area (Å²) in [6.45, 7) is 0. The van der Waals surface area contributed by atoms with E-state index in [4.69, 9.17) is 29.3 Å². The second kappa shape index (κ2) is 18.4. The molecule has 0 bridgehead atoms. The molecule has 7 heterocycles. The van der Waals surface area contributed by atoms with Gasteiger partial charge in [-0.1, -0.05) is 169 Å². The summed E-state index contributed by atoms with van der Waals surface area (Å²) < 4.78 is 14.9. The molecule has 0 saturated carbocycles. The fourth-order valence-corrected chi connectivity index (χ4v) is 13.6. The summed E-state index contributed by atoms with van der Waals surface area (Å²) in [6.07, 6.45) is 0. The average molecular weight is 1120 g/mol. The Morgan fingerprint density at radius 3 is 1.55 bits per heavy atom. The molecule has 402 valence electrons. The number of aromatic nitrogens is 9. The lowest BCUT2D eigenvalue weighted by molar-refractivity contribution is 0.616. The first-order valence-corrected chi connectivity index (χ1v) is 29.0. The van der Waals surface area contributed by atoms with Gasteiger partial charge in [0.15, 0.2) is 22.4 Å². The van der Waals surface area contributed by atoms with E-state index in [1.807, 2.05) is 115 Å². The maximum absolute atomic E-state index is 15.1. The van der Waals surface area contributed by atoms with Crippen molar-refractivity contribution in [2.45, 2.75) is 0 Å². The first kappa shape index (κ1) is 47.9. The smallest absolute Gasteiger partial charge is 0.310 e. The number of fused-ring (bicyclic) bond motifs is 14. The molecular weight excluding hydrogens is 1080 g/mol. The number of rotatable bonds is 7. The van der Waals surface area contributed by atoms with Crippen molar-refractivity contribution in [3.63, 3.8) is 0 Å². The molecule has 0 N–H and O–H groups in total. The van der Waals surface area contributed by atoms with Gasteiger partial charge in [0, 0.05) is 54.3 Å². The molecule has 86 heavy (non-hydrogen) atoms. The Morgan fingerprint density at radius 2 is 0.826 bits per heavy atom. The fourth-order valence-electron chi connectivity index (χ4n) is 12.6. The van der Waals surface area contributed by atoms with Crippen molar-refractivity contribution >= 4 is 109 Å². The molecule has 18 rings (SSSR count). The quantitative estimate of drug-likeness (QED) is 0.154.